The van der Waals surface area contributed by atoms with Gasteiger partial charge >= 0.3 is 0 Å². The van der Waals surface area contributed by atoms with Crippen LogP contribution in [0.4, 0.5) is 0 Å². The molecule has 106 valence electrons. The Hall–Kier alpha value is -1.90. The van der Waals surface area contributed by atoms with Crippen LogP contribution in [-0.2, 0) is 24.2 Å². The lowest BCUT2D eigenvalue weighted by Crippen LogP contribution is -2.10. The number of Topliss-reactive ketones (excluding diaryl/α,β-unsaturated/α-hetero) is 1. The molecule has 20 heavy (non-hydrogen) atoms. The van der Waals surface area contributed by atoms with Gasteiger partial charge in [-0.3, -0.25) is 4.79 Å². The van der Waals surface area contributed by atoms with Crippen LogP contribution in [0.2, 0.25) is 0 Å². The molecular formula is C17H22N2O. The number of imidazole rings is 1. The zero-order chi connectivity index (χ0) is 14.4. The normalized spacial score (nSPS) is 10.7. The number of aryl methyl sites for hydroxylation is 3. The number of carbonyl (C=O) groups excluding carboxylic acids is 1. The minimum Gasteiger partial charge on any atom is -0.335 e. The number of aromatic nitrogens is 2. The summed E-state index contributed by atoms with van der Waals surface area (Å²) in [4.78, 5) is 16.4. The van der Waals surface area contributed by atoms with E-state index in [1.54, 1.807) is 6.20 Å². The zero-order valence-electron chi connectivity index (χ0n) is 12.3. The average Bonchev–Trinajstić information content (AvgIpc) is 2.84. The molecule has 0 bridgehead atoms. The first kappa shape index (κ1) is 14.5. The molecule has 2 rings (SSSR count). The SMILES string of the molecule is CCCn1ccnc1CC(=O)CCc1cccc(C)c1. The van der Waals surface area contributed by atoms with Gasteiger partial charge in [-0.25, -0.2) is 4.98 Å². The molecule has 0 amide bonds. The largest absolute Gasteiger partial charge is 0.335 e. The van der Waals surface area contributed by atoms with Gasteiger partial charge in [-0.15, -0.1) is 0 Å². The molecule has 0 spiro atoms. The summed E-state index contributed by atoms with van der Waals surface area (Å²) in [6, 6.07) is 8.35. The van der Waals surface area contributed by atoms with Crippen LogP contribution in [0.15, 0.2) is 36.7 Å². The Morgan fingerprint density at radius 1 is 1.35 bits per heavy atom. The maximum atomic E-state index is 12.1. The van der Waals surface area contributed by atoms with Gasteiger partial charge in [-0.2, -0.15) is 0 Å². The minimum absolute atomic E-state index is 0.259. The second-order valence-electron chi connectivity index (χ2n) is 5.24. The monoisotopic (exact) mass is 270 g/mol. The third-order valence-electron chi connectivity index (χ3n) is 3.40. The van der Waals surface area contributed by atoms with Crippen molar-refractivity contribution in [1.29, 1.82) is 0 Å². The van der Waals surface area contributed by atoms with Gasteiger partial charge in [-0.1, -0.05) is 36.8 Å². The predicted octanol–water partition coefficient (Wildman–Crippen LogP) is 3.35. The first-order chi connectivity index (χ1) is 9.69. The fourth-order valence-corrected chi connectivity index (χ4v) is 2.37. The van der Waals surface area contributed by atoms with E-state index in [2.05, 4.69) is 41.6 Å². The highest BCUT2D eigenvalue weighted by atomic mass is 16.1. The number of rotatable bonds is 7. The van der Waals surface area contributed by atoms with E-state index in [0.29, 0.717) is 12.8 Å². The first-order valence-electron chi connectivity index (χ1n) is 7.26. The number of hydrogen-bond donors (Lipinski definition) is 0. The van der Waals surface area contributed by atoms with Gasteiger partial charge in [0.15, 0.2) is 0 Å². The Bertz CT molecular complexity index is 572. The summed E-state index contributed by atoms with van der Waals surface area (Å²) < 4.78 is 2.07. The molecule has 0 saturated heterocycles. The quantitative estimate of drug-likeness (QED) is 0.773. The molecule has 2 aromatic rings. The molecule has 0 unspecified atom stereocenters. The number of benzene rings is 1. The summed E-state index contributed by atoms with van der Waals surface area (Å²) in [6.07, 6.45) is 6.63. The van der Waals surface area contributed by atoms with Crippen molar-refractivity contribution in [3.8, 4) is 0 Å². The standard InChI is InChI=1S/C17H22N2O/c1-3-10-19-11-9-18-17(19)13-16(20)8-7-15-6-4-5-14(2)12-15/h4-6,9,11-12H,3,7-8,10,13H2,1-2H3. The van der Waals surface area contributed by atoms with Crippen LogP contribution in [0.25, 0.3) is 0 Å². The van der Waals surface area contributed by atoms with Crippen LogP contribution in [0, 0.1) is 6.92 Å². The summed E-state index contributed by atoms with van der Waals surface area (Å²) in [5, 5.41) is 0. The molecule has 0 aliphatic carbocycles. The molecular weight excluding hydrogens is 248 g/mol. The lowest BCUT2D eigenvalue weighted by Gasteiger charge is -2.06. The number of nitrogens with zero attached hydrogens (tertiary/aromatic N) is 2. The third-order valence-corrected chi connectivity index (χ3v) is 3.40. The fourth-order valence-electron chi connectivity index (χ4n) is 2.37. The first-order valence-corrected chi connectivity index (χ1v) is 7.26. The van der Waals surface area contributed by atoms with Gasteiger partial charge in [0, 0.05) is 25.4 Å². The summed E-state index contributed by atoms with van der Waals surface area (Å²) in [5.74, 6) is 1.15. The second kappa shape index (κ2) is 7.04. The number of hydrogen-bond acceptors (Lipinski definition) is 2. The van der Waals surface area contributed by atoms with E-state index in [0.717, 1.165) is 25.2 Å². The molecule has 0 aliphatic rings. The van der Waals surface area contributed by atoms with Crippen LogP contribution in [0.3, 0.4) is 0 Å². The van der Waals surface area contributed by atoms with Crippen LogP contribution in [0.5, 0.6) is 0 Å². The smallest absolute Gasteiger partial charge is 0.140 e. The van der Waals surface area contributed by atoms with Crippen LogP contribution in [0.1, 0.15) is 36.7 Å². The Labute approximate surface area is 120 Å². The van der Waals surface area contributed by atoms with Gasteiger partial charge in [0.25, 0.3) is 0 Å². The molecule has 1 aromatic heterocycles. The number of ketones is 1. The van der Waals surface area contributed by atoms with Crippen molar-refractivity contribution in [2.24, 2.45) is 0 Å². The van der Waals surface area contributed by atoms with Crippen molar-refractivity contribution in [3.63, 3.8) is 0 Å². The van der Waals surface area contributed by atoms with E-state index in [1.807, 2.05) is 12.3 Å². The molecule has 1 aromatic carbocycles. The van der Waals surface area contributed by atoms with Crippen LogP contribution >= 0.6 is 0 Å². The highest BCUT2D eigenvalue weighted by Crippen LogP contribution is 2.09. The van der Waals surface area contributed by atoms with E-state index in [-0.39, 0.29) is 5.78 Å². The van der Waals surface area contributed by atoms with E-state index < -0.39 is 0 Å². The van der Waals surface area contributed by atoms with E-state index in [9.17, 15) is 4.79 Å². The maximum absolute atomic E-state index is 12.1. The third kappa shape index (κ3) is 4.05. The maximum Gasteiger partial charge on any atom is 0.140 e. The highest BCUT2D eigenvalue weighted by Gasteiger charge is 2.09. The van der Waals surface area contributed by atoms with Crippen molar-refractivity contribution in [1.82, 2.24) is 9.55 Å². The second-order valence-corrected chi connectivity index (χ2v) is 5.24. The summed E-state index contributed by atoms with van der Waals surface area (Å²) in [5.41, 5.74) is 2.48. The molecule has 0 radical (unpaired) electrons. The van der Waals surface area contributed by atoms with Crippen LogP contribution in [-0.4, -0.2) is 15.3 Å². The Kier molecular flexibility index (Phi) is 5.10. The minimum atomic E-state index is 0.259. The molecule has 1 heterocycles. The van der Waals surface area contributed by atoms with Crippen molar-refractivity contribution < 1.29 is 4.79 Å². The van der Waals surface area contributed by atoms with Gasteiger partial charge in [0.1, 0.15) is 11.6 Å². The highest BCUT2D eigenvalue weighted by molar-refractivity contribution is 5.80. The number of carbonyl (C=O) groups is 1. The van der Waals surface area contributed by atoms with Gasteiger partial charge in [0.2, 0.25) is 0 Å². The van der Waals surface area contributed by atoms with Crippen LogP contribution < -0.4 is 0 Å². The topological polar surface area (TPSA) is 34.9 Å². The summed E-state index contributed by atoms with van der Waals surface area (Å²) in [7, 11) is 0. The lowest BCUT2D eigenvalue weighted by atomic mass is 10.0. The molecule has 0 N–H and O–H groups in total. The summed E-state index contributed by atoms with van der Waals surface area (Å²) >= 11 is 0. The Morgan fingerprint density at radius 2 is 2.20 bits per heavy atom. The Morgan fingerprint density at radius 3 is 2.95 bits per heavy atom. The summed E-state index contributed by atoms with van der Waals surface area (Å²) in [6.45, 7) is 5.14. The average molecular weight is 270 g/mol. The molecule has 3 nitrogen and oxygen atoms in total. The van der Waals surface area contributed by atoms with Crippen molar-refractivity contribution in [2.45, 2.75) is 46.1 Å². The van der Waals surface area contributed by atoms with Crippen molar-refractivity contribution in [2.75, 3.05) is 0 Å². The molecule has 0 fully saturated rings. The van der Waals surface area contributed by atoms with E-state index >= 15 is 0 Å². The van der Waals surface area contributed by atoms with Gasteiger partial charge in [-0.05, 0) is 25.3 Å². The fraction of sp³-hybridized carbons (Fsp3) is 0.412. The van der Waals surface area contributed by atoms with Gasteiger partial charge in [0.05, 0.1) is 6.42 Å². The molecule has 0 atom stereocenters. The van der Waals surface area contributed by atoms with E-state index in [4.69, 9.17) is 0 Å². The van der Waals surface area contributed by atoms with Crippen molar-refractivity contribution >= 4 is 5.78 Å². The Balaban J connectivity index is 1.88. The van der Waals surface area contributed by atoms with Crippen molar-refractivity contribution in [3.05, 3.63) is 53.6 Å². The zero-order valence-corrected chi connectivity index (χ0v) is 12.3. The lowest BCUT2D eigenvalue weighted by molar-refractivity contribution is -0.118. The predicted molar refractivity (Wildman–Crippen MR) is 80.7 cm³/mol. The molecule has 0 saturated carbocycles. The molecule has 3 heteroatoms. The van der Waals surface area contributed by atoms with Gasteiger partial charge < -0.3 is 4.57 Å². The van der Waals surface area contributed by atoms with E-state index in [1.165, 1.54) is 11.1 Å². The molecule has 0 aliphatic heterocycles.